The lowest BCUT2D eigenvalue weighted by molar-refractivity contribution is 0.0154. The van der Waals surface area contributed by atoms with Gasteiger partial charge in [-0.3, -0.25) is 0 Å². The first kappa shape index (κ1) is 26.7. The Bertz CT molecular complexity index is 1160. The van der Waals surface area contributed by atoms with Gasteiger partial charge in [0, 0.05) is 32.2 Å². The van der Waals surface area contributed by atoms with Crippen LogP contribution in [0.4, 0.5) is 14.6 Å². The fourth-order valence-electron chi connectivity index (χ4n) is 5.29. The maximum Gasteiger partial charge on any atom is 0.279 e. The fourth-order valence-corrected chi connectivity index (χ4v) is 6.14. The molecule has 2 aromatic rings. The molecule has 36 heavy (non-hydrogen) atoms. The second-order valence-corrected chi connectivity index (χ2v) is 11.8. The highest BCUT2D eigenvalue weighted by atomic mass is 32.2. The van der Waals surface area contributed by atoms with E-state index in [1.54, 1.807) is 12.1 Å². The van der Waals surface area contributed by atoms with Crippen LogP contribution in [0.15, 0.2) is 36.5 Å². The zero-order valence-electron chi connectivity index (χ0n) is 20.8. The van der Waals surface area contributed by atoms with Crippen molar-refractivity contribution < 1.29 is 27.0 Å². The summed E-state index contributed by atoms with van der Waals surface area (Å²) < 4.78 is 62.7. The lowest BCUT2D eigenvalue weighted by atomic mass is 9.82. The SMILES string of the molecule is C[C@@H]1C[C@H](NS(=O)(=O)N(C)C)[C@H](CO[C@H]2CC[C@@H](c3cccc(F)c3)CC2)N1c1cc(O)c(F)cn1. The molecule has 0 amide bonds. The van der Waals surface area contributed by atoms with Crippen molar-refractivity contribution in [2.24, 2.45) is 0 Å². The average molecular weight is 525 g/mol. The maximum absolute atomic E-state index is 13.7. The first-order valence-electron chi connectivity index (χ1n) is 12.2. The molecule has 1 saturated heterocycles. The van der Waals surface area contributed by atoms with Crippen molar-refractivity contribution >= 4 is 16.0 Å². The van der Waals surface area contributed by atoms with Crippen molar-refractivity contribution in [2.75, 3.05) is 25.6 Å². The number of hydrogen-bond donors (Lipinski definition) is 2. The van der Waals surface area contributed by atoms with E-state index in [4.69, 9.17) is 4.74 Å². The molecule has 3 atom stereocenters. The van der Waals surface area contributed by atoms with Crippen molar-refractivity contribution in [3.05, 3.63) is 53.7 Å². The van der Waals surface area contributed by atoms with Gasteiger partial charge in [-0.2, -0.15) is 17.4 Å². The third-order valence-electron chi connectivity index (χ3n) is 7.25. The minimum atomic E-state index is -3.70. The molecule has 11 heteroatoms. The summed E-state index contributed by atoms with van der Waals surface area (Å²) in [6, 6.07) is 6.98. The number of halogens is 2. The summed E-state index contributed by atoms with van der Waals surface area (Å²) in [6.07, 6.45) is 4.83. The Morgan fingerprint density at radius 1 is 1.19 bits per heavy atom. The largest absolute Gasteiger partial charge is 0.505 e. The molecule has 1 aliphatic heterocycles. The Balaban J connectivity index is 1.47. The van der Waals surface area contributed by atoms with E-state index in [2.05, 4.69) is 9.71 Å². The van der Waals surface area contributed by atoms with Crippen LogP contribution in [0.1, 0.15) is 50.5 Å². The molecule has 1 saturated carbocycles. The summed E-state index contributed by atoms with van der Waals surface area (Å²) in [7, 11) is -0.785. The Labute approximate surface area is 211 Å². The Hall–Kier alpha value is -2.34. The van der Waals surface area contributed by atoms with Crippen LogP contribution >= 0.6 is 0 Å². The Morgan fingerprint density at radius 2 is 1.92 bits per heavy atom. The normalized spacial score (nSPS) is 27.1. The summed E-state index contributed by atoms with van der Waals surface area (Å²) in [5.74, 6) is -0.919. The number of aromatic hydroxyl groups is 1. The summed E-state index contributed by atoms with van der Waals surface area (Å²) in [5, 5.41) is 9.91. The Morgan fingerprint density at radius 3 is 2.56 bits per heavy atom. The van der Waals surface area contributed by atoms with Gasteiger partial charge in [-0.25, -0.2) is 13.8 Å². The number of aromatic nitrogens is 1. The van der Waals surface area contributed by atoms with E-state index in [1.165, 1.54) is 26.2 Å². The molecular weight excluding hydrogens is 490 g/mol. The molecule has 198 valence electrons. The van der Waals surface area contributed by atoms with E-state index >= 15 is 0 Å². The van der Waals surface area contributed by atoms with Crippen LogP contribution in [0, 0.1) is 11.6 Å². The van der Waals surface area contributed by atoms with Gasteiger partial charge in [-0.05, 0) is 62.6 Å². The van der Waals surface area contributed by atoms with E-state index in [0.717, 1.165) is 41.7 Å². The van der Waals surface area contributed by atoms with Gasteiger partial charge in [-0.15, -0.1) is 0 Å². The quantitative estimate of drug-likeness (QED) is 0.549. The highest BCUT2D eigenvalue weighted by Gasteiger charge is 2.42. The highest BCUT2D eigenvalue weighted by molar-refractivity contribution is 7.87. The molecule has 2 aliphatic rings. The van der Waals surface area contributed by atoms with Gasteiger partial charge in [0.2, 0.25) is 0 Å². The number of pyridine rings is 1. The molecule has 4 rings (SSSR count). The molecule has 0 unspecified atom stereocenters. The van der Waals surface area contributed by atoms with Gasteiger partial charge in [0.1, 0.15) is 11.6 Å². The average Bonchev–Trinajstić information content (AvgIpc) is 3.13. The third-order valence-corrected chi connectivity index (χ3v) is 8.82. The molecule has 1 aromatic carbocycles. The number of nitrogens with zero attached hydrogens (tertiary/aromatic N) is 3. The third kappa shape index (κ3) is 5.96. The van der Waals surface area contributed by atoms with Gasteiger partial charge < -0.3 is 14.7 Å². The predicted molar refractivity (Wildman–Crippen MR) is 133 cm³/mol. The van der Waals surface area contributed by atoms with Crippen LogP contribution in [0.25, 0.3) is 0 Å². The van der Waals surface area contributed by atoms with Crippen LogP contribution < -0.4 is 9.62 Å². The number of ether oxygens (including phenoxy) is 1. The fraction of sp³-hybridized carbons (Fsp3) is 0.560. The minimum Gasteiger partial charge on any atom is -0.505 e. The molecule has 0 spiro atoms. The second-order valence-electron chi connectivity index (χ2n) is 9.93. The summed E-state index contributed by atoms with van der Waals surface area (Å²) in [4.78, 5) is 6.04. The van der Waals surface area contributed by atoms with Gasteiger partial charge in [0.05, 0.1) is 24.9 Å². The topological polar surface area (TPSA) is 95.0 Å². The standard InChI is InChI=1S/C25H34F2N4O4S/c1-16-11-22(29-36(33,34)30(2)3)23(31(16)25-13-24(32)21(27)14-28-25)15-35-20-9-7-17(8-10-20)18-5-4-6-19(26)12-18/h4-6,12-14,16-17,20,22-23,29H,7-11,15H2,1-3H3,(H,28,32)/t16-,17-,20+,22+,23+/m1/s1. The van der Waals surface area contributed by atoms with Gasteiger partial charge in [0.25, 0.3) is 10.2 Å². The summed E-state index contributed by atoms with van der Waals surface area (Å²) in [5.41, 5.74) is 1.00. The van der Waals surface area contributed by atoms with Crippen LogP contribution in [0.5, 0.6) is 5.75 Å². The number of nitrogens with one attached hydrogen (secondary N) is 1. The zero-order valence-corrected chi connectivity index (χ0v) is 21.6. The van der Waals surface area contributed by atoms with Crippen LogP contribution in [0.3, 0.4) is 0 Å². The first-order valence-corrected chi connectivity index (χ1v) is 13.7. The molecule has 8 nitrogen and oxygen atoms in total. The number of rotatable bonds is 8. The van der Waals surface area contributed by atoms with Crippen molar-refractivity contribution in [1.29, 1.82) is 0 Å². The zero-order chi connectivity index (χ0) is 26.0. The van der Waals surface area contributed by atoms with Crippen molar-refractivity contribution in [2.45, 2.75) is 69.2 Å². The number of benzene rings is 1. The summed E-state index contributed by atoms with van der Waals surface area (Å²) >= 11 is 0. The monoisotopic (exact) mass is 524 g/mol. The molecule has 1 aliphatic carbocycles. The Kier molecular flexibility index (Phi) is 8.13. The molecule has 0 bridgehead atoms. The van der Waals surface area contributed by atoms with Crippen LogP contribution in [-0.4, -0.2) is 67.7 Å². The molecular formula is C25H34F2N4O4S. The maximum atomic E-state index is 13.7. The second kappa shape index (κ2) is 11.0. The van der Waals surface area contributed by atoms with Gasteiger partial charge in [-0.1, -0.05) is 12.1 Å². The molecule has 2 heterocycles. The first-order chi connectivity index (χ1) is 17.0. The number of hydrogen-bond acceptors (Lipinski definition) is 6. The van der Waals surface area contributed by atoms with E-state index in [9.17, 15) is 22.3 Å². The highest BCUT2D eigenvalue weighted by Crippen LogP contribution is 2.36. The summed E-state index contributed by atoms with van der Waals surface area (Å²) in [6.45, 7) is 2.17. The molecule has 0 radical (unpaired) electrons. The lowest BCUT2D eigenvalue weighted by Gasteiger charge is -2.34. The van der Waals surface area contributed by atoms with Crippen LogP contribution in [0.2, 0.25) is 0 Å². The van der Waals surface area contributed by atoms with Crippen LogP contribution in [-0.2, 0) is 14.9 Å². The minimum absolute atomic E-state index is 0.00625. The van der Waals surface area contributed by atoms with E-state index < -0.39 is 33.9 Å². The van der Waals surface area contributed by atoms with E-state index in [-0.39, 0.29) is 30.5 Å². The van der Waals surface area contributed by atoms with Crippen molar-refractivity contribution in [3.8, 4) is 5.75 Å². The van der Waals surface area contributed by atoms with E-state index in [0.29, 0.717) is 12.2 Å². The molecule has 1 aromatic heterocycles. The van der Waals surface area contributed by atoms with Gasteiger partial charge >= 0.3 is 0 Å². The molecule has 2 fully saturated rings. The van der Waals surface area contributed by atoms with Crippen molar-refractivity contribution in [1.82, 2.24) is 14.0 Å². The van der Waals surface area contributed by atoms with Gasteiger partial charge in [0.15, 0.2) is 11.6 Å². The van der Waals surface area contributed by atoms with Crippen molar-refractivity contribution in [3.63, 3.8) is 0 Å². The predicted octanol–water partition coefficient (Wildman–Crippen LogP) is 3.54. The lowest BCUT2D eigenvalue weighted by Crippen LogP contribution is -2.51. The number of anilines is 1. The van der Waals surface area contributed by atoms with E-state index in [1.807, 2.05) is 17.9 Å². The molecule has 2 N–H and O–H groups in total. The smallest absolute Gasteiger partial charge is 0.279 e.